The summed E-state index contributed by atoms with van der Waals surface area (Å²) in [6, 6.07) is 3.38. The van der Waals surface area contributed by atoms with Crippen LogP contribution in [0.1, 0.15) is 30.9 Å². The number of halogens is 4. The molecule has 0 bridgehead atoms. The highest BCUT2D eigenvalue weighted by atomic mass is 79.9. The molecule has 0 aliphatic heterocycles. The summed E-state index contributed by atoms with van der Waals surface area (Å²) in [5.41, 5.74) is 6.18. The number of nitrogens with zero attached hydrogens (tertiary/aromatic N) is 1. The predicted octanol–water partition coefficient (Wildman–Crippen LogP) is 4.83. The van der Waals surface area contributed by atoms with Crippen molar-refractivity contribution in [2.45, 2.75) is 25.9 Å². The topological polar surface area (TPSA) is 52.0 Å². The first-order chi connectivity index (χ1) is 9.21. The van der Waals surface area contributed by atoms with Crippen molar-refractivity contribution in [1.82, 2.24) is 5.16 Å². The van der Waals surface area contributed by atoms with Gasteiger partial charge in [0.05, 0.1) is 5.56 Å². The minimum absolute atomic E-state index is 0.0160. The Morgan fingerprint density at radius 1 is 1.30 bits per heavy atom. The molecule has 1 aromatic carbocycles. The van der Waals surface area contributed by atoms with Crippen molar-refractivity contribution in [3.8, 4) is 11.3 Å². The van der Waals surface area contributed by atoms with Crippen LogP contribution in [0.25, 0.3) is 11.3 Å². The molecule has 2 aromatic rings. The molecule has 0 saturated heterocycles. The lowest BCUT2D eigenvalue weighted by atomic mass is 9.97. The molecular weight excluding hydrogens is 337 g/mol. The zero-order valence-electron chi connectivity index (χ0n) is 10.8. The highest BCUT2D eigenvalue weighted by Crippen LogP contribution is 2.39. The number of benzene rings is 1. The summed E-state index contributed by atoms with van der Waals surface area (Å²) >= 11 is 3.24. The Morgan fingerprint density at radius 3 is 2.50 bits per heavy atom. The minimum atomic E-state index is -4.41. The average molecular weight is 349 g/mol. The highest BCUT2D eigenvalue weighted by molar-refractivity contribution is 9.10. The number of anilines is 1. The summed E-state index contributed by atoms with van der Waals surface area (Å²) in [7, 11) is 0. The zero-order chi connectivity index (χ0) is 15.1. The number of alkyl halides is 3. The van der Waals surface area contributed by atoms with Gasteiger partial charge in [-0.1, -0.05) is 34.9 Å². The SMILES string of the molecule is CC(C)c1c(-c2cc(C(F)(F)F)ccc2Br)noc1N. The largest absolute Gasteiger partial charge is 0.416 e. The van der Waals surface area contributed by atoms with E-state index < -0.39 is 11.7 Å². The third kappa shape index (κ3) is 2.67. The highest BCUT2D eigenvalue weighted by Gasteiger charge is 2.32. The Balaban J connectivity index is 2.64. The fourth-order valence-corrected chi connectivity index (χ4v) is 2.38. The lowest BCUT2D eigenvalue weighted by molar-refractivity contribution is -0.137. The van der Waals surface area contributed by atoms with Crippen molar-refractivity contribution in [1.29, 1.82) is 0 Å². The van der Waals surface area contributed by atoms with Gasteiger partial charge in [0.25, 0.3) is 0 Å². The van der Waals surface area contributed by atoms with Crippen molar-refractivity contribution in [2.24, 2.45) is 0 Å². The molecule has 0 unspecified atom stereocenters. The molecule has 0 saturated carbocycles. The van der Waals surface area contributed by atoms with Crippen LogP contribution >= 0.6 is 15.9 Å². The van der Waals surface area contributed by atoms with Crippen molar-refractivity contribution in [2.75, 3.05) is 5.73 Å². The third-order valence-corrected chi connectivity index (χ3v) is 3.57. The van der Waals surface area contributed by atoms with Gasteiger partial charge in [-0.3, -0.25) is 0 Å². The van der Waals surface area contributed by atoms with Crippen LogP contribution in [0.15, 0.2) is 27.2 Å². The van der Waals surface area contributed by atoms with Gasteiger partial charge in [0, 0.05) is 15.6 Å². The van der Waals surface area contributed by atoms with E-state index in [-0.39, 0.29) is 11.8 Å². The molecule has 1 aromatic heterocycles. The first-order valence-electron chi connectivity index (χ1n) is 5.84. The van der Waals surface area contributed by atoms with Crippen LogP contribution in [-0.2, 0) is 6.18 Å². The molecule has 2 N–H and O–H groups in total. The predicted molar refractivity (Wildman–Crippen MR) is 73.1 cm³/mol. The molecule has 108 valence electrons. The van der Waals surface area contributed by atoms with Gasteiger partial charge in [0.1, 0.15) is 5.69 Å². The maximum Gasteiger partial charge on any atom is 0.416 e. The van der Waals surface area contributed by atoms with Gasteiger partial charge in [-0.2, -0.15) is 13.2 Å². The van der Waals surface area contributed by atoms with Crippen LogP contribution in [-0.4, -0.2) is 5.16 Å². The van der Waals surface area contributed by atoms with Gasteiger partial charge in [0.15, 0.2) is 0 Å². The second kappa shape index (κ2) is 5.12. The van der Waals surface area contributed by atoms with E-state index in [1.807, 2.05) is 13.8 Å². The number of hydrogen-bond acceptors (Lipinski definition) is 3. The zero-order valence-corrected chi connectivity index (χ0v) is 12.3. The summed E-state index contributed by atoms with van der Waals surface area (Å²) in [6.07, 6.45) is -4.41. The van der Waals surface area contributed by atoms with Gasteiger partial charge in [-0.05, 0) is 24.1 Å². The van der Waals surface area contributed by atoms with Crippen LogP contribution in [0, 0.1) is 0 Å². The van der Waals surface area contributed by atoms with Crippen molar-refractivity contribution < 1.29 is 17.7 Å². The van der Waals surface area contributed by atoms with E-state index in [9.17, 15) is 13.2 Å². The fourth-order valence-electron chi connectivity index (χ4n) is 1.95. The first kappa shape index (κ1) is 14.9. The Hall–Kier alpha value is -1.50. The Kier molecular flexibility index (Phi) is 3.82. The van der Waals surface area contributed by atoms with E-state index in [0.29, 0.717) is 21.3 Å². The molecule has 0 atom stereocenters. The molecule has 0 aliphatic rings. The van der Waals surface area contributed by atoms with E-state index in [4.69, 9.17) is 10.3 Å². The van der Waals surface area contributed by atoms with E-state index in [0.717, 1.165) is 12.1 Å². The van der Waals surface area contributed by atoms with Crippen molar-refractivity contribution in [3.63, 3.8) is 0 Å². The standard InChI is InChI=1S/C13H12BrF3N2O/c1-6(2)10-11(19-20-12(10)18)8-5-7(13(15,16)17)3-4-9(8)14/h3-6H,18H2,1-2H3. The minimum Gasteiger partial charge on any atom is -0.367 e. The van der Waals surface area contributed by atoms with Gasteiger partial charge < -0.3 is 10.3 Å². The van der Waals surface area contributed by atoms with Crippen LogP contribution in [0.2, 0.25) is 0 Å². The van der Waals surface area contributed by atoms with Crippen LogP contribution < -0.4 is 5.73 Å². The third-order valence-electron chi connectivity index (χ3n) is 2.88. The van der Waals surface area contributed by atoms with Gasteiger partial charge in [-0.15, -0.1) is 0 Å². The number of hydrogen-bond donors (Lipinski definition) is 1. The quantitative estimate of drug-likeness (QED) is 0.845. The number of nitrogens with two attached hydrogens (primary N) is 1. The fraction of sp³-hybridized carbons (Fsp3) is 0.308. The van der Waals surface area contributed by atoms with Crippen LogP contribution in [0.4, 0.5) is 19.1 Å². The molecule has 3 nitrogen and oxygen atoms in total. The summed E-state index contributed by atoms with van der Waals surface area (Å²) in [5, 5.41) is 3.79. The lowest BCUT2D eigenvalue weighted by Gasteiger charge is -2.11. The van der Waals surface area contributed by atoms with Crippen molar-refractivity contribution >= 4 is 21.8 Å². The first-order valence-corrected chi connectivity index (χ1v) is 6.63. The van der Waals surface area contributed by atoms with E-state index in [1.165, 1.54) is 6.07 Å². The Bertz CT molecular complexity index is 635. The van der Waals surface area contributed by atoms with Crippen molar-refractivity contribution in [3.05, 3.63) is 33.8 Å². The van der Waals surface area contributed by atoms with Crippen LogP contribution in [0.3, 0.4) is 0 Å². The second-order valence-corrected chi connectivity index (χ2v) is 5.51. The summed E-state index contributed by atoms with van der Waals surface area (Å²) in [5.74, 6) is 0.108. The Morgan fingerprint density at radius 2 is 1.95 bits per heavy atom. The molecule has 7 heteroatoms. The summed E-state index contributed by atoms with van der Waals surface area (Å²) < 4.78 is 43.8. The van der Waals surface area contributed by atoms with E-state index in [1.54, 1.807) is 0 Å². The summed E-state index contributed by atoms with van der Waals surface area (Å²) in [4.78, 5) is 0. The molecule has 0 radical (unpaired) electrons. The number of aromatic nitrogens is 1. The number of nitrogen functional groups attached to an aromatic ring is 1. The second-order valence-electron chi connectivity index (χ2n) is 4.66. The van der Waals surface area contributed by atoms with E-state index >= 15 is 0 Å². The van der Waals surface area contributed by atoms with Gasteiger partial charge in [0.2, 0.25) is 5.88 Å². The average Bonchev–Trinajstić information content (AvgIpc) is 2.70. The van der Waals surface area contributed by atoms with Gasteiger partial charge >= 0.3 is 6.18 Å². The molecule has 0 fully saturated rings. The molecule has 2 rings (SSSR count). The number of rotatable bonds is 2. The van der Waals surface area contributed by atoms with E-state index in [2.05, 4.69) is 21.1 Å². The molecule has 0 aliphatic carbocycles. The molecule has 20 heavy (non-hydrogen) atoms. The lowest BCUT2D eigenvalue weighted by Crippen LogP contribution is -2.05. The molecule has 0 amide bonds. The maximum absolute atomic E-state index is 12.8. The monoisotopic (exact) mass is 348 g/mol. The Labute approximate surface area is 122 Å². The maximum atomic E-state index is 12.8. The summed E-state index contributed by atoms with van der Waals surface area (Å²) in [6.45, 7) is 3.74. The normalized spacial score (nSPS) is 12.2. The molecule has 1 heterocycles. The van der Waals surface area contributed by atoms with Crippen LogP contribution in [0.5, 0.6) is 0 Å². The molecular formula is C13H12BrF3N2O. The molecule has 0 spiro atoms. The van der Waals surface area contributed by atoms with Gasteiger partial charge in [-0.25, -0.2) is 0 Å². The smallest absolute Gasteiger partial charge is 0.367 e.